The molecule has 3 aromatic rings. The number of nitrogens with zero attached hydrogens (tertiary/aromatic N) is 2. The lowest BCUT2D eigenvalue weighted by Gasteiger charge is -2.06. The summed E-state index contributed by atoms with van der Waals surface area (Å²) in [5.74, 6) is 0. The minimum Gasteiger partial charge on any atom is -1.00 e. The molecule has 0 aliphatic rings. The number of anilines is 1. The molecule has 2 aromatic carbocycles. The normalized spacial score (nSPS) is 10.7. The number of aromatic nitrogens is 1. The quantitative estimate of drug-likeness (QED) is 0.280. The summed E-state index contributed by atoms with van der Waals surface area (Å²) in [6.45, 7) is 0.713. The Balaban J connectivity index is 0.00000192. The number of nitrogens with one attached hydrogen (secondary N) is 1. The molecule has 0 atom stereocenters. The Hall–Kier alpha value is -2.21. The van der Waals surface area contributed by atoms with Crippen LogP contribution in [0.25, 0.3) is 0 Å². The van der Waals surface area contributed by atoms with E-state index in [4.69, 9.17) is 0 Å². The Morgan fingerprint density at radius 1 is 0.783 bits per heavy atom. The molecule has 1 N–H and O–H groups in total. The molecule has 116 valence electrons. The minimum atomic E-state index is 0. The van der Waals surface area contributed by atoms with Crippen LogP contribution in [0.15, 0.2) is 96.4 Å². The molecule has 0 aliphatic heterocycles. The topological polar surface area (TPSA) is 28.3 Å². The maximum atomic E-state index is 4.61. The summed E-state index contributed by atoms with van der Waals surface area (Å²) in [6.07, 6.45) is 4.09. The number of benzene rings is 2. The van der Waals surface area contributed by atoms with E-state index in [1.165, 1.54) is 0 Å². The van der Waals surface area contributed by atoms with Gasteiger partial charge >= 0.3 is 0 Å². The molecule has 0 amide bonds. The average molecular weight is 415 g/mol. The molecule has 0 spiro atoms. The van der Waals surface area contributed by atoms with Crippen molar-refractivity contribution in [2.75, 3.05) is 5.43 Å². The molecule has 0 saturated heterocycles. The van der Waals surface area contributed by atoms with Crippen molar-refractivity contribution in [3.05, 3.63) is 96.8 Å². The van der Waals surface area contributed by atoms with Crippen LogP contribution in [0.1, 0.15) is 5.56 Å². The van der Waals surface area contributed by atoms with Crippen LogP contribution in [-0.4, -0.2) is 5.71 Å². The lowest BCUT2D eigenvalue weighted by atomic mass is 10.1. The summed E-state index contributed by atoms with van der Waals surface area (Å²) in [7, 11) is 0. The lowest BCUT2D eigenvalue weighted by molar-refractivity contribution is -0.681. The van der Waals surface area contributed by atoms with Gasteiger partial charge in [0, 0.05) is 17.7 Å². The Morgan fingerprint density at radius 3 is 2.00 bits per heavy atom. The van der Waals surface area contributed by atoms with Crippen LogP contribution in [0, 0.1) is 0 Å². The minimum absolute atomic E-state index is 0. The monoisotopic (exact) mass is 415 g/mol. The van der Waals surface area contributed by atoms with Gasteiger partial charge in [0.1, 0.15) is 5.71 Å². The van der Waals surface area contributed by atoms with Gasteiger partial charge < -0.3 is 24.0 Å². The van der Waals surface area contributed by atoms with Gasteiger partial charge in [-0.3, -0.25) is 5.43 Å². The van der Waals surface area contributed by atoms with E-state index in [0.717, 1.165) is 17.0 Å². The first-order chi connectivity index (χ1) is 10.9. The molecule has 0 saturated carbocycles. The van der Waals surface area contributed by atoms with E-state index in [0.29, 0.717) is 6.54 Å². The molecule has 0 radical (unpaired) electrons. The molecule has 1 aromatic heterocycles. The Bertz CT molecular complexity index is 728. The highest BCUT2D eigenvalue weighted by atomic mass is 127. The zero-order valence-electron chi connectivity index (χ0n) is 12.6. The Kier molecular flexibility index (Phi) is 6.75. The molecular weight excluding hydrogens is 397 g/mol. The molecule has 0 fully saturated rings. The first-order valence-corrected chi connectivity index (χ1v) is 7.29. The number of halogens is 1. The van der Waals surface area contributed by atoms with Crippen LogP contribution in [-0.2, 0) is 6.54 Å². The molecule has 0 bridgehead atoms. The van der Waals surface area contributed by atoms with Crippen LogP contribution in [0.3, 0.4) is 0 Å². The number of pyridine rings is 1. The first-order valence-electron chi connectivity index (χ1n) is 7.29. The molecule has 3 rings (SSSR count). The predicted octanol–water partition coefficient (Wildman–Crippen LogP) is 0.495. The zero-order chi connectivity index (χ0) is 15.0. The van der Waals surface area contributed by atoms with Gasteiger partial charge in [-0.1, -0.05) is 54.6 Å². The van der Waals surface area contributed by atoms with Crippen molar-refractivity contribution in [1.82, 2.24) is 0 Å². The molecule has 0 aliphatic carbocycles. The Morgan fingerprint density at radius 2 is 1.35 bits per heavy atom. The highest BCUT2D eigenvalue weighted by Crippen LogP contribution is 2.07. The van der Waals surface area contributed by atoms with Crippen molar-refractivity contribution >= 4 is 11.4 Å². The number of hydrogen-bond donors (Lipinski definition) is 1. The Labute approximate surface area is 153 Å². The van der Waals surface area contributed by atoms with Gasteiger partial charge in [0.2, 0.25) is 0 Å². The van der Waals surface area contributed by atoms with E-state index in [-0.39, 0.29) is 24.0 Å². The number of hydrazone groups is 1. The van der Waals surface area contributed by atoms with Crippen molar-refractivity contribution in [3.8, 4) is 0 Å². The average Bonchev–Trinajstić information content (AvgIpc) is 2.61. The van der Waals surface area contributed by atoms with Crippen molar-refractivity contribution in [2.45, 2.75) is 6.54 Å². The first kappa shape index (κ1) is 17.1. The van der Waals surface area contributed by atoms with Crippen LogP contribution >= 0.6 is 0 Å². The number of rotatable bonds is 5. The fraction of sp³-hybridized carbons (Fsp3) is 0.0526. The molecule has 23 heavy (non-hydrogen) atoms. The second kappa shape index (κ2) is 9.05. The summed E-state index contributed by atoms with van der Waals surface area (Å²) < 4.78 is 2.11. The van der Waals surface area contributed by atoms with Crippen LogP contribution in [0.2, 0.25) is 0 Å². The van der Waals surface area contributed by atoms with Gasteiger partial charge in [-0.05, 0) is 12.1 Å². The second-order valence-electron chi connectivity index (χ2n) is 4.95. The van der Waals surface area contributed by atoms with E-state index in [1.807, 2.05) is 79.1 Å². The van der Waals surface area contributed by atoms with Crippen molar-refractivity contribution in [1.29, 1.82) is 0 Å². The van der Waals surface area contributed by atoms with Crippen molar-refractivity contribution in [3.63, 3.8) is 0 Å². The highest BCUT2D eigenvalue weighted by molar-refractivity contribution is 6.00. The maximum Gasteiger partial charge on any atom is 0.192 e. The summed E-state index contributed by atoms with van der Waals surface area (Å²) in [4.78, 5) is 0. The summed E-state index contributed by atoms with van der Waals surface area (Å²) in [6, 6.07) is 26.3. The van der Waals surface area contributed by atoms with Gasteiger partial charge in [-0.15, -0.1) is 0 Å². The van der Waals surface area contributed by atoms with Gasteiger partial charge in [0.05, 0.1) is 5.69 Å². The number of para-hydroxylation sites is 1. The highest BCUT2D eigenvalue weighted by Gasteiger charge is 2.09. The maximum absolute atomic E-state index is 4.61. The number of hydrogen-bond acceptors (Lipinski definition) is 2. The van der Waals surface area contributed by atoms with Gasteiger partial charge in [-0.2, -0.15) is 9.67 Å². The van der Waals surface area contributed by atoms with Gasteiger partial charge in [0.15, 0.2) is 18.9 Å². The largest absolute Gasteiger partial charge is 1.00 e. The SMILES string of the molecule is [I-].c1ccc(N/N=C(/C[n+]2ccccc2)c2ccccc2)cc1. The lowest BCUT2D eigenvalue weighted by Crippen LogP contribution is -3.00. The van der Waals surface area contributed by atoms with Gasteiger partial charge in [0.25, 0.3) is 0 Å². The third kappa shape index (κ3) is 5.17. The molecule has 4 heteroatoms. The van der Waals surface area contributed by atoms with E-state index in [1.54, 1.807) is 0 Å². The van der Waals surface area contributed by atoms with E-state index >= 15 is 0 Å². The van der Waals surface area contributed by atoms with E-state index in [2.05, 4.69) is 27.2 Å². The summed E-state index contributed by atoms with van der Waals surface area (Å²) in [5, 5.41) is 4.61. The van der Waals surface area contributed by atoms with Crippen molar-refractivity contribution < 1.29 is 28.5 Å². The smallest absolute Gasteiger partial charge is 0.192 e. The standard InChI is InChI=1S/C19H18N3.HI/c1-4-10-17(11-5-1)19(16-22-14-8-3-9-15-22)21-20-18-12-6-2-7-13-18;/h1-15,20H,16H2;1H/q+1;/p-1/b21-19-;. The zero-order valence-corrected chi connectivity index (χ0v) is 14.8. The fourth-order valence-corrected chi connectivity index (χ4v) is 2.18. The molecular formula is C19H18IN3. The van der Waals surface area contributed by atoms with Crippen molar-refractivity contribution in [2.24, 2.45) is 5.10 Å². The van der Waals surface area contributed by atoms with E-state index in [9.17, 15) is 0 Å². The molecule has 3 nitrogen and oxygen atoms in total. The molecule has 1 heterocycles. The van der Waals surface area contributed by atoms with E-state index < -0.39 is 0 Å². The third-order valence-electron chi connectivity index (χ3n) is 3.31. The second-order valence-corrected chi connectivity index (χ2v) is 4.95. The van der Waals surface area contributed by atoms with Crippen LogP contribution < -0.4 is 34.0 Å². The summed E-state index contributed by atoms with van der Waals surface area (Å²) >= 11 is 0. The summed E-state index contributed by atoms with van der Waals surface area (Å²) in [5.41, 5.74) is 6.22. The predicted molar refractivity (Wildman–Crippen MR) is 89.7 cm³/mol. The molecule has 0 unspecified atom stereocenters. The van der Waals surface area contributed by atoms with Gasteiger partial charge in [-0.25, -0.2) is 0 Å². The van der Waals surface area contributed by atoms with Crippen LogP contribution in [0.4, 0.5) is 5.69 Å². The van der Waals surface area contributed by atoms with Crippen LogP contribution in [0.5, 0.6) is 0 Å². The third-order valence-corrected chi connectivity index (χ3v) is 3.31. The fourth-order valence-electron chi connectivity index (χ4n) is 2.18.